The van der Waals surface area contributed by atoms with E-state index in [-0.39, 0.29) is 5.91 Å². The molecule has 0 spiro atoms. The van der Waals surface area contributed by atoms with Crippen molar-refractivity contribution in [3.63, 3.8) is 0 Å². The summed E-state index contributed by atoms with van der Waals surface area (Å²) in [7, 11) is 0. The number of hydrogen-bond acceptors (Lipinski definition) is 2. The first-order valence-electron chi connectivity index (χ1n) is 4.22. The Morgan fingerprint density at radius 1 is 1.50 bits per heavy atom. The summed E-state index contributed by atoms with van der Waals surface area (Å²) in [5, 5.41) is 2.86. The van der Waals surface area contributed by atoms with E-state index in [2.05, 4.69) is 5.32 Å². The first-order chi connectivity index (χ1) is 5.75. The second-order valence-corrected chi connectivity index (χ2v) is 3.35. The largest absolute Gasteiger partial charge is 0.402 e. The van der Waals surface area contributed by atoms with Crippen molar-refractivity contribution in [1.29, 1.82) is 0 Å². The fraction of sp³-hybridized carbons (Fsp3) is 0.444. The molecule has 0 radical (unpaired) electrons. The molecule has 0 aromatic heterocycles. The van der Waals surface area contributed by atoms with Crippen molar-refractivity contribution in [2.45, 2.75) is 19.3 Å². The third-order valence-corrected chi connectivity index (χ3v) is 2.40. The predicted molar refractivity (Wildman–Crippen MR) is 45.8 cm³/mol. The first kappa shape index (κ1) is 7.40. The lowest BCUT2D eigenvalue weighted by Crippen LogP contribution is -2.34. The molecule has 0 aromatic rings. The Morgan fingerprint density at radius 2 is 2.33 bits per heavy atom. The van der Waals surface area contributed by atoms with E-state index in [0.29, 0.717) is 12.3 Å². The van der Waals surface area contributed by atoms with Gasteiger partial charge in [-0.05, 0) is 25.0 Å². The van der Waals surface area contributed by atoms with Gasteiger partial charge in [0.05, 0.1) is 0 Å². The van der Waals surface area contributed by atoms with Gasteiger partial charge in [-0.15, -0.1) is 0 Å². The lowest BCUT2D eigenvalue weighted by Gasteiger charge is -2.28. The molecule has 3 N–H and O–H groups in total. The molecule has 3 nitrogen and oxygen atoms in total. The van der Waals surface area contributed by atoms with E-state index < -0.39 is 0 Å². The van der Waals surface area contributed by atoms with Gasteiger partial charge in [0.2, 0.25) is 5.91 Å². The van der Waals surface area contributed by atoms with Crippen molar-refractivity contribution in [1.82, 2.24) is 5.32 Å². The average molecular weight is 164 g/mol. The van der Waals surface area contributed by atoms with Crippen LogP contribution in [0.3, 0.4) is 0 Å². The van der Waals surface area contributed by atoms with Crippen molar-refractivity contribution < 1.29 is 4.79 Å². The highest BCUT2D eigenvalue weighted by Crippen LogP contribution is 2.28. The van der Waals surface area contributed by atoms with Gasteiger partial charge in [-0.1, -0.05) is 0 Å². The molecule has 1 atom stereocenters. The molecule has 1 saturated heterocycles. The summed E-state index contributed by atoms with van der Waals surface area (Å²) >= 11 is 0. The Kier molecular flexibility index (Phi) is 1.64. The van der Waals surface area contributed by atoms with E-state index >= 15 is 0 Å². The van der Waals surface area contributed by atoms with Crippen molar-refractivity contribution in [3.8, 4) is 0 Å². The molecule has 0 saturated carbocycles. The first-order valence-corrected chi connectivity index (χ1v) is 4.22. The summed E-state index contributed by atoms with van der Waals surface area (Å²) in [6.07, 6.45) is 6.26. The Hall–Kier alpha value is -1.25. The van der Waals surface area contributed by atoms with E-state index in [1.54, 1.807) is 0 Å². The molecule has 3 heteroatoms. The minimum absolute atomic E-state index is 0.131. The van der Waals surface area contributed by atoms with Crippen molar-refractivity contribution in [2.24, 2.45) is 11.7 Å². The lowest BCUT2D eigenvalue weighted by molar-refractivity contribution is -0.121. The van der Waals surface area contributed by atoms with E-state index in [4.69, 9.17) is 5.73 Å². The minimum Gasteiger partial charge on any atom is -0.402 e. The second-order valence-electron chi connectivity index (χ2n) is 3.35. The Labute approximate surface area is 71.3 Å². The smallest absolute Gasteiger partial charge is 0.224 e. The number of fused-ring (bicyclic) bond motifs is 1. The van der Waals surface area contributed by atoms with Crippen LogP contribution < -0.4 is 11.1 Å². The van der Waals surface area contributed by atoms with Crippen LogP contribution in [0.4, 0.5) is 0 Å². The molecule has 1 aliphatic carbocycles. The summed E-state index contributed by atoms with van der Waals surface area (Å²) in [6.45, 7) is 0. The monoisotopic (exact) mass is 164 g/mol. The zero-order valence-corrected chi connectivity index (χ0v) is 6.84. The van der Waals surface area contributed by atoms with Crippen LogP contribution in [-0.4, -0.2) is 5.91 Å². The molecule has 1 amide bonds. The SMILES string of the molecule is NC1=CC=C2NC(=O)CCC2C1. The highest BCUT2D eigenvalue weighted by Gasteiger charge is 2.24. The summed E-state index contributed by atoms with van der Waals surface area (Å²) in [6, 6.07) is 0. The van der Waals surface area contributed by atoms with Gasteiger partial charge < -0.3 is 11.1 Å². The molecule has 64 valence electrons. The topological polar surface area (TPSA) is 55.1 Å². The molecule has 2 rings (SSSR count). The third-order valence-electron chi connectivity index (χ3n) is 2.40. The summed E-state index contributed by atoms with van der Waals surface area (Å²) in [4.78, 5) is 11.0. The van der Waals surface area contributed by atoms with Crippen LogP contribution in [0.5, 0.6) is 0 Å². The zero-order valence-electron chi connectivity index (χ0n) is 6.84. The van der Waals surface area contributed by atoms with Crippen LogP contribution in [0.15, 0.2) is 23.5 Å². The normalized spacial score (nSPS) is 28.3. The van der Waals surface area contributed by atoms with Crippen LogP contribution in [0, 0.1) is 5.92 Å². The summed E-state index contributed by atoms with van der Waals surface area (Å²) in [5.74, 6) is 0.582. The van der Waals surface area contributed by atoms with Gasteiger partial charge in [0, 0.05) is 23.7 Å². The number of carbonyl (C=O) groups is 1. The predicted octanol–water partition coefficient (Wildman–Crippen LogP) is 0.643. The Balaban J connectivity index is 2.20. The Bertz CT molecular complexity index is 278. The second kappa shape index (κ2) is 2.66. The van der Waals surface area contributed by atoms with E-state index in [1.165, 1.54) is 0 Å². The fourth-order valence-corrected chi connectivity index (χ4v) is 1.73. The van der Waals surface area contributed by atoms with Crippen LogP contribution in [0.2, 0.25) is 0 Å². The van der Waals surface area contributed by atoms with Gasteiger partial charge in [-0.25, -0.2) is 0 Å². The molecule has 1 unspecified atom stereocenters. The maximum absolute atomic E-state index is 11.0. The molecule has 1 heterocycles. The fourth-order valence-electron chi connectivity index (χ4n) is 1.73. The molecule has 12 heavy (non-hydrogen) atoms. The summed E-state index contributed by atoms with van der Waals surface area (Å²) < 4.78 is 0. The van der Waals surface area contributed by atoms with Crippen molar-refractivity contribution in [2.75, 3.05) is 0 Å². The van der Waals surface area contributed by atoms with Crippen LogP contribution in [0.1, 0.15) is 19.3 Å². The highest BCUT2D eigenvalue weighted by atomic mass is 16.1. The molecule has 0 bridgehead atoms. The van der Waals surface area contributed by atoms with E-state index in [9.17, 15) is 4.79 Å². The van der Waals surface area contributed by atoms with Crippen LogP contribution >= 0.6 is 0 Å². The van der Waals surface area contributed by atoms with Crippen molar-refractivity contribution in [3.05, 3.63) is 23.5 Å². The third kappa shape index (κ3) is 1.22. The van der Waals surface area contributed by atoms with E-state index in [0.717, 1.165) is 24.2 Å². The number of carbonyl (C=O) groups excluding carboxylic acids is 1. The number of allylic oxidation sites excluding steroid dienone is 4. The Morgan fingerprint density at radius 3 is 3.17 bits per heavy atom. The maximum Gasteiger partial charge on any atom is 0.224 e. The lowest BCUT2D eigenvalue weighted by atomic mass is 9.88. The maximum atomic E-state index is 11.0. The van der Waals surface area contributed by atoms with Crippen LogP contribution in [0.25, 0.3) is 0 Å². The minimum atomic E-state index is 0.131. The molecule has 2 aliphatic rings. The van der Waals surface area contributed by atoms with Gasteiger partial charge in [-0.3, -0.25) is 4.79 Å². The number of piperidine rings is 1. The van der Waals surface area contributed by atoms with E-state index in [1.807, 2.05) is 12.2 Å². The van der Waals surface area contributed by atoms with Gasteiger partial charge in [0.15, 0.2) is 0 Å². The quantitative estimate of drug-likeness (QED) is 0.552. The zero-order chi connectivity index (χ0) is 8.55. The molecule has 1 fully saturated rings. The standard InChI is InChI=1S/C9H12N2O/c10-7-2-3-8-6(5-7)1-4-9(12)11-8/h2-3,6H,1,4-5,10H2,(H,11,12). The van der Waals surface area contributed by atoms with Gasteiger partial charge >= 0.3 is 0 Å². The van der Waals surface area contributed by atoms with Gasteiger partial charge in [0.25, 0.3) is 0 Å². The molecular formula is C9H12N2O. The number of nitrogens with one attached hydrogen (secondary N) is 1. The number of amides is 1. The number of rotatable bonds is 0. The number of nitrogens with two attached hydrogens (primary N) is 1. The molecule has 1 aliphatic heterocycles. The average Bonchev–Trinajstić information content (AvgIpc) is 2.05. The summed E-state index contributed by atoms with van der Waals surface area (Å²) in [5.41, 5.74) is 7.64. The van der Waals surface area contributed by atoms with Gasteiger partial charge in [0.1, 0.15) is 0 Å². The molecular weight excluding hydrogens is 152 g/mol. The molecule has 0 aromatic carbocycles. The van der Waals surface area contributed by atoms with Crippen LogP contribution in [-0.2, 0) is 4.79 Å². The number of hydrogen-bond donors (Lipinski definition) is 2. The van der Waals surface area contributed by atoms with Crippen molar-refractivity contribution >= 4 is 5.91 Å². The van der Waals surface area contributed by atoms with Gasteiger partial charge in [-0.2, -0.15) is 0 Å². The highest BCUT2D eigenvalue weighted by molar-refractivity contribution is 5.79.